The average Bonchev–Trinajstić information content (AvgIpc) is 3.72. The molecule has 0 saturated heterocycles. The predicted molar refractivity (Wildman–Crippen MR) is 362 cm³/mol. The highest BCUT2D eigenvalue weighted by Gasteiger charge is 2.29. The van der Waals surface area contributed by atoms with Crippen LogP contribution < -0.4 is 0 Å². The van der Waals surface area contributed by atoms with Crippen LogP contribution in [0.1, 0.15) is 226 Å². The lowest BCUT2D eigenvalue weighted by Crippen LogP contribution is -2.30. The second-order valence-corrected chi connectivity index (χ2v) is 24.4. The molecule has 4 N–H and O–H groups in total. The first kappa shape index (κ1) is 84.4. The molecule has 0 aromatic carbocycles. The third-order valence-corrected chi connectivity index (χ3v) is 14.9. The summed E-state index contributed by atoms with van der Waals surface area (Å²) >= 11 is 0. The van der Waals surface area contributed by atoms with Crippen LogP contribution >= 0.6 is 15.6 Å². The van der Waals surface area contributed by atoms with Gasteiger partial charge < -0.3 is 34.2 Å². The van der Waals surface area contributed by atoms with E-state index in [2.05, 4.69) is 148 Å². The normalized spacial score (nSPS) is 15.2. The monoisotopic (exact) mass is 1290 g/mol. The number of allylic oxidation sites excluding steroid dienone is 24. The summed E-state index contributed by atoms with van der Waals surface area (Å²) in [5.74, 6) is -1.71. The minimum Gasteiger partial charge on any atom is -0.463 e. The maximum atomic E-state index is 12.9. The van der Waals surface area contributed by atoms with Crippen molar-refractivity contribution in [2.45, 2.75) is 245 Å². The molecular formula is C71H116O16P2. The van der Waals surface area contributed by atoms with E-state index < -0.39 is 91.5 Å². The van der Waals surface area contributed by atoms with E-state index in [9.17, 15) is 43.5 Å². The Kier molecular flexibility index (Phi) is 60.3. The molecule has 89 heavy (non-hydrogen) atoms. The SMILES string of the molecule is CC/C=C\C/C=C\C/C=C\C/C=C\C/C=C\C/C=C\CCC(=O)OCC(COP(=O)(O)OCC(O)COP(=O)(O)OCC(O)COC(=O)CCCCCCC/C=C\C/C=C\C/C=C\C/C=C\C/C=C\CC)OC(=O)CCCCCCC/C=C\CCCCCC. The van der Waals surface area contributed by atoms with E-state index in [0.29, 0.717) is 25.7 Å². The van der Waals surface area contributed by atoms with Crippen LogP contribution in [0.4, 0.5) is 0 Å². The molecule has 0 aromatic rings. The lowest BCUT2D eigenvalue weighted by Gasteiger charge is -2.21. The van der Waals surface area contributed by atoms with Crippen molar-refractivity contribution in [1.29, 1.82) is 0 Å². The molecule has 0 radical (unpaired) electrons. The largest absolute Gasteiger partial charge is 0.472 e. The Morgan fingerprint density at radius 2 is 0.618 bits per heavy atom. The van der Waals surface area contributed by atoms with Gasteiger partial charge in [0.15, 0.2) is 6.10 Å². The molecule has 506 valence electrons. The number of hydrogen-bond donors (Lipinski definition) is 4. The minimum absolute atomic E-state index is 0.0388. The van der Waals surface area contributed by atoms with Gasteiger partial charge in [0, 0.05) is 19.3 Å². The van der Waals surface area contributed by atoms with Crippen molar-refractivity contribution < 1.29 is 75.8 Å². The fraction of sp³-hybridized carbons (Fsp3) is 0.620. The first-order valence-corrected chi connectivity index (χ1v) is 36.1. The number of ether oxygens (including phenoxy) is 3. The summed E-state index contributed by atoms with van der Waals surface area (Å²) in [5, 5.41) is 20.5. The number of aliphatic hydroxyl groups is 2. The Morgan fingerprint density at radius 1 is 0.326 bits per heavy atom. The van der Waals surface area contributed by atoms with Gasteiger partial charge in [-0.1, -0.05) is 224 Å². The minimum atomic E-state index is -4.95. The number of rotatable bonds is 61. The van der Waals surface area contributed by atoms with Gasteiger partial charge in [0.2, 0.25) is 0 Å². The van der Waals surface area contributed by atoms with Crippen LogP contribution in [-0.2, 0) is 55.8 Å². The Labute approximate surface area is 537 Å². The predicted octanol–water partition coefficient (Wildman–Crippen LogP) is 18.2. The summed E-state index contributed by atoms with van der Waals surface area (Å²) < 4.78 is 60.7. The molecule has 0 saturated carbocycles. The van der Waals surface area contributed by atoms with Crippen molar-refractivity contribution in [3.63, 3.8) is 0 Å². The van der Waals surface area contributed by atoms with E-state index in [1.807, 2.05) is 18.2 Å². The second-order valence-electron chi connectivity index (χ2n) is 21.5. The summed E-state index contributed by atoms with van der Waals surface area (Å²) in [5.41, 5.74) is 0. The van der Waals surface area contributed by atoms with Gasteiger partial charge in [0.25, 0.3) is 0 Å². The summed E-state index contributed by atoms with van der Waals surface area (Å²) in [4.78, 5) is 58.3. The lowest BCUT2D eigenvalue weighted by atomic mass is 10.1. The summed E-state index contributed by atoms with van der Waals surface area (Å²) in [7, 11) is -9.81. The van der Waals surface area contributed by atoms with Gasteiger partial charge in [0.05, 0.1) is 26.4 Å². The Balaban J connectivity index is 4.74. The molecule has 0 bridgehead atoms. The molecule has 0 spiro atoms. The van der Waals surface area contributed by atoms with E-state index in [1.54, 1.807) is 0 Å². The van der Waals surface area contributed by atoms with E-state index in [1.165, 1.54) is 25.7 Å². The van der Waals surface area contributed by atoms with Crippen LogP contribution in [0, 0.1) is 0 Å². The first-order valence-electron chi connectivity index (χ1n) is 33.1. The molecule has 16 nitrogen and oxygen atoms in total. The average molecular weight is 1290 g/mol. The highest BCUT2D eigenvalue weighted by Crippen LogP contribution is 2.45. The maximum absolute atomic E-state index is 12.9. The Morgan fingerprint density at radius 3 is 1.02 bits per heavy atom. The number of esters is 3. The Hall–Kier alpha value is -4.57. The van der Waals surface area contributed by atoms with Gasteiger partial charge in [-0.05, 0) is 128 Å². The summed E-state index contributed by atoms with van der Waals surface area (Å²) in [6.07, 6.45) is 74.9. The van der Waals surface area contributed by atoms with Crippen LogP contribution in [0.5, 0.6) is 0 Å². The zero-order valence-corrected chi connectivity index (χ0v) is 56.3. The van der Waals surface area contributed by atoms with Crippen LogP contribution in [0.25, 0.3) is 0 Å². The molecule has 0 rings (SSSR count). The standard InChI is InChI=1S/C71H116O16P2/c1-4-7-10-13-16-19-22-25-27-29-31-32-34-36-37-40-42-45-48-51-54-57-69(74)81-60-66(72)61-83-88(77,78)84-62-67(73)63-85-89(79,80)86-65-68(87-71(76)59-56-53-50-47-44-39-24-21-18-15-12-9-6-3)64-82-70(75)58-55-52-49-46-43-41-38-35-33-30-28-26-23-20-17-14-11-8-5-2/h7-8,10-11,16-17,19-21,24-28,31-33,35-37,41,43,49,52,66-68,72-73H,4-6,9,12-15,18,22-23,29-30,34,38-40,42,44-48,50-51,53-65H2,1-3H3,(H,77,78)(H,79,80)/b10-7-,11-8-,19-16-,20-17-,24-21-,27-25-,28-26-,32-31-,35-33-,37-36-,43-41-,52-49-. The zero-order valence-electron chi connectivity index (χ0n) is 54.5. The van der Waals surface area contributed by atoms with Crippen LogP contribution in [0.15, 0.2) is 146 Å². The number of phosphoric ester groups is 2. The second kappa shape index (κ2) is 63.6. The number of carbonyl (C=O) groups is 3. The molecule has 5 unspecified atom stereocenters. The zero-order chi connectivity index (χ0) is 65.3. The van der Waals surface area contributed by atoms with Crippen molar-refractivity contribution in [3.05, 3.63) is 146 Å². The molecule has 0 aliphatic heterocycles. The molecule has 0 aromatic heterocycles. The number of hydrogen-bond acceptors (Lipinski definition) is 14. The quantitative estimate of drug-likeness (QED) is 0.0146. The molecule has 0 heterocycles. The summed E-state index contributed by atoms with van der Waals surface area (Å²) in [6.45, 7) is 2.27. The van der Waals surface area contributed by atoms with Gasteiger partial charge in [0.1, 0.15) is 25.4 Å². The number of unbranched alkanes of at least 4 members (excludes halogenated alkanes) is 14. The smallest absolute Gasteiger partial charge is 0.463 e. The van der Waals surface area contributed by atoms with Crippen molar-refractivity contribution in [2.24, 2.45) is 0 Å². The number of aliphatic hydroxyl groups excluding tert-OH is 2. The highest BCUT2D eigenvalue weighted by atomic mass is 31.2. The van der Waals surface area contributed by atoms with Crippen molar-refractivity contribution >= 4 is 33.6 Å². The van der Waals surface area contributed by atoms with Crippen LogP contribution in [0.2, 0.25) is 0 Å². The molecule has 0 aliphatic carbocycles. The molecule has 0 aliphatic rings. The fourth-order valence-corrected chi connectivity index (χ4v) is 9.61. The third kappa shape index (κ3) is 64.8. The van der Waals surface area contributed by atoms with Gasteiger partial charge in [-0.3, -0.25) is 32.5 Å². The highest BCUT2D eigenvalue weighted by molar-refractivity contribution is 7.47. The molecule has 0 amide bonds. The van der Waals surface area contributed by atoms with Gasteiger partial charge in [-0.25, -0.2) is 9.13 Å². The van der Waals surface area contributed by atoms with Crippen molar-refractivity contribution in [1.82, 2.24) is 0 Å². The van der Waals surface area contributed by atoms with Crippen LogP contribution in [0.3, 0.4) is 0 Å². The van der Waals surface area contributed by atoms with Gasteiger partial charge in [-0.15, -0.1) is 0 Å². The van der Waals surface area contributed by atoms with Crippen molar-refractivity contribution in [3.8, 4) is 0 Å². The van der Waals surface area contributed by atoms with E-state index >= 15 is 0 Å². The number of phosphoric acid groups is 2. The number of carbonyl (C=O) groups excluding carboxylic acids is 3. The lowest BCUT2D eigenvalue weighted by molar-refractivity contribution is -0.161. The molecular weight excluding hydrogens is 1170 g/mol. The van der Waals surface area contributed by atoms with Crippen LogP contribution in [-0.4, -0.2) is 95.9 Å². The van der Waals surface area contributed by atoms with E-state index in [4.69, 9.17) is 32.3 Å². The maximum Gasteiger partial charge on any atom is 0.472 e. The molecule has 0 fully saturated rings. The Bertz CT molecular complexity index is 2210. The van der Waals surface area contributed by atoms with E-state index in [0.717, 1.165) is 135 Å². The third-order valence-electron chi connectivity index (χ3n) is 13.0. The first-order chi connectivity index (χ1) is 43.2. The summed E-state index contributed by atoms with van der Waals surface area (Å²) in [6, 6.07) is 0. The topological polar surface area (TPSA) is 231 Å². The van der Waals surface area contributed by atoms with Gasteiger partial charge >= 0.3 is 33.6 Å². The fourth-order valence-electron chi connectivity index (χ4n) is 8.03. The van der Waals surface area contributed by atoms with E-state index in [-0.39, 0.29) is 19.3 Å². The van der Waals surface area contributed by atoms with Crippen molar-refractivity contribution in [2.75, 3.05) is 39.6 Å². The molecule has 18 heteroatoms. The molecule has 5 atom stereocenters. The van der Waals surface area contributed by atoms with Gasteiger partial charge in [-0.2, -0.15) is 0 Å².